The van der Waals surface area contributed by atoms with E-state index in [2.05, 4.69) is 15.5 Å². The van der Waals surface area contributed by atoms with Gasteiger partial charge in [-0.1, -0.05) is 41.1 Å². The first-order valence-electron chi connectivity index (χ1n) is 8.84. The molecule has 0 aliphatic carbocycles. The van der Waals surface area contributed by atoms with Gasteiger partial charge in [0.25, 0.3) is 0 Å². The number of amides is 2. The lowest BCUT2D eigenvalue weighted by molar-refractivity contribution is 0.193. The highest BCUT2D eigenvalue weighted by Gasteiger charge is 2.34. The molecule has 1 aromatic heterocycles. The van der Waals surface area contributed by atoms with Gasteiger partial charge in [-0.3, -0.25) is 0 Å². The van der Waals surface area contributed by atoms with Crippen LogP contribution in [0.2, 0.25) is 0 Å². The lowest BCUT2D eigenvalue weighted by Gasteiger charge is -2.22. The molecule has 1 saturated heterocycles. The van der Waals surface area contributed by atoms with Crippen LogP contribution in [0.3, 0.4) is 0 Å². The third kappa shape index (κ3) is 3.53. The van der Waals surface area contributed by atoms with Gasteiger partial charge in [0.15, 0.2) is 0 Å². The Bertz CT molecular complexity index is 972. The Morgan fingerprint density at radius 3 is 2.93 bits per heavy atom. The first-order valence-corrected chi connectivity index (χ1v) is 8.84. The van der Waals surface area contributed by atoms with Crippen LogP contribution in [-0.2, 0) is 0 Å². The SMILES string of the molecule is Cc1cccc(-c2noc(C3CCCN3C(=O)Nc3ccccc3F)n2)c1. The molecule has 1 N–H and O–H groups in total. The van der Waals surface area contributed by atoms with Crippen LogP contribution in [0.1, 0.15) is 30.3 Å². The van der Waals surface area contributed by atoms with Gasteiger partial charge in [-0.2, -0.15) is 4.98 Å². The van der Waals surface area contributed by atoms with Crippen molar-refractivity contribution in [3.8, 4) is 11.4 Å². The Hall–Kier alpha value is -3.22. The molecular formula is C20H19FN4O2. The van der Waals surface area contributed by atoms with Crippen molar-refractivity contribution in [2.75, 3.05) is 11.9 Å². The predicted octanol–water partition coefficient (Wildman–Crippen LogP) is 4.55. The van der Waals surface area contributed by atoms with Crippen molar-refractivity contribution in [3.63, 3.8) is 0 Å². The summed E-state index contributed by atoms with van der Waals surface area (Å²) >= 11 is 0. The van der Waals surface area contributed by atoms with Crippen LogP contribution < -0.4 is 5.32 Å². The fourth-order valence-electron chi connectivity index (χ4n) is 3.29. The molecule has 1 aliphatic rings. The average Bonchev–Trinajstić information content (AvgIpc) is 3.33. The van der Waals surface area contributed by atoms with Gasteiger partial charge < -0.3 is 14.7 Å². The summed E-state index contributed by atoms with van der Waals surface area (Å²) in [6.07, 6.45) is 1.54. The highest BCUT2D eigenvalue weighted by Crippen LogP contribution is 2.32. The number of carbonyl (C=O) groups is 1. The summed E-state index contributed by atoms with van der Waals surface area (Å²) < 4.78 is 19.2. The smallest absolute Gasteiger partial charge is 0.322 e. The van der Waals surface area contributed by atoms with Crippen molar-refractivity contribution in [2.24, 2.45) is 0 Å². The number of halogens is 1. The van der Waals surface area contributed by atoms with Gasteiger partial charge in [-0.05, 0) is 38.0 Å². The number of nitrogens with zero attached hydrogens (tertiary/aromatic N) is 3. The molecule has 4 rings (SSSR count). The average molecular weight is 366 g/mol. The molecule has 0 spiro atoms. The number of aromatic nitrogens is 2. The van der Waals surface area contributed by atoms with E-state index in [1.807, 2.05) is 31.2 Å². The molecule has 1 atom stereocenters. The summed E-state index contributed by atoms with van der Waals surface area (Å²) in [5.41, 5.74) is 2.12. The molecule has 138 valence electrons. The van der Waals surface area contributed by atoms with Gasteiger partial charge in [-0.25, -0.2) is 9.18 Å². The Labute approximate surface area is 156 Å². The second-order valence-corrected chi connectivity index (χ2v) is 6.59. The maximum absolute atomic E-state index is 13.8. The molecular weight excluding hydrogens is 347 g/mol. The Morgan fingerprint density at radius 1 is 1.26 bits per heavy atom. The monoisotopic (exact) mass is 366 g/mol. The van der Waals surface area contributed by atoms with Crippen molar-refractivity contribution in [3.05, 3.63) is 65.8 Å². The van der Waals surface area contributed by atoms with Gasteiger partial charge in [0, 0.05) is 12.1 Å². The first kappa shape index (κ1) is 17.2. The van der Waals surface area contributed by atoms with Gasteiger partial charge >= 0.3 is 6.03 Å². The lowest BCUT2D eigenvalue weighted by atomic mass is 10.1. The van der Waals surface area contributed by atoms with E-state index in [-0.39, 0.29) is 17.8 Å². The first-order chi connectivity index (χ1) is 13.1. The Kier molecular flexibility index (Phi) is 4.58. The minimum atomic E-state index is -0.471. The summed E-state index contributed by atoms with van der Waals surface area (Å²) in [5.74, 6) is 0.420. The summed E-state index contributed by atoms with van der Waals surface area (Å²) in [4.78, 5) is 18.7. The number of hydrogen-bond donors (Lipinski definition) is 1. The summed E-state index contributed by atoms with van der Waals surface area (Å²) in [7, 11) is 0. The summed E-state index contributed by atoms with van der Waals surface area (Å²) in [6, 6.07) is 13.2. The molecule has 2 aromatic carbocycles. The van der Waals surface area contributed by atoms with Gasteiger partial charge in [0.1, 0.15) is 11.9 Å². The molecule has 6 nitrogen and oxygen atoms in total. The zero-order valence-corrected chi connectivity index (χ0v) is 14.9. The van der Waals surface area contributed by atoms with E-state index in [1.54, 1.807) is 17.0 Å². The van der Waals surface area contributed by atoms with E-state index in [4.69, 9.17) is 4.52 Å². The van der Waals surface area contributed by atoms with E-state index < -0.39 is 5.82 Å². The van der Waals surface area contributed by atoms with Gasteiger partial charge in [0.05, 0.1) is 5.69 Å². The number of para-hydroxylation sites is 1. The maximum Gasteiger partial charge on any atom is 0.322 e. The number of likely N-dealkylation sites (tertiary alicyclic amines) is 1. The van der Waals surface area contributed by atoms with Crippen molar-refractivity contribution in [1.82, 2.24) is 15.0 Å². The minimum absolute atomic E-state index is 0.152. The van der Waals surface area contributed by atoms with Crippen molar-refractivity contribution in [1.29, 1.82) is 0 Å². The second kappa shape index (κ2) is 7.19. The molecule has 1 aliphatic heterocycles. The molecule has 3 aromatic rings. The van der Waals surface area contributed by atoms with E-state index >= 15 is 0 Å². The zero-order chi connectivity index (χ0) is 18.8. The minimum Gasteiger partial charge on any atom is -0.337 e. The van der Waals surface area contributed by atoms with E-state index in [1.165, 1.54) is 12.1 Å². The zero-order valence-electron chi connectivity index (χ0n) is 14.9. The number of nitrogens with one attached hydrogen (secondary N) is 1. The van der Waals surface area contributed by atoms with E-state index in [9.17, 15) is 9.18 Å². The molecule has 0 radical (unpaired) electrons. The Balaban J connectivity index is 1.53. The standard InChI is InChI=1S/C20H19FN4O2/c1-13-6-4-7-14(12-13)18-23-19(27-24-18)17-10-5-11-25(17)20(26)22-16-9-3-2-8-15(16)21/h2-4,6-9,12,17H,5,10-11H2,1H3,(H,22,26). The largest absolute Gasteiger partial charge is 0.337 e. The molecule has 0 bridgehead atoms. The third-order valence-electron chi connectivity index (χ3n) is 4.63. The highest BCUT2D eigenvalue weighted by atomic mass is 19.1. The van der Waals surface area contributed by atoms with Gasteiger partial charge in [0.2, 0.25) is 11.7 Å². The van der Waals surface area contributed by atoms with Crippen LogP contribution in [0.5, 0.6) is 0 Å². The quantitative estimate of drug-likeness (QED) is 0.738. The second-order valence-electron chi connectivity index (χ2n) is 6.59. The molecule has 1 fully saturated rings. The number of aryl methyl sites for hydroxylation is 1. The molecule has 2 heterocycles. The molecule has 0 saturated carbocycles. The molecule has 1 unspecified atom stereocenters. The maximum atomic E-state index is 13.8. The summed E-state index contributed by atoms with van der Waals surface area (Å²) in [5, 5.41) is 6.68. The van der Waals surface area contributed by atoms with Gasteiger partial charge in [-0.15, -0.1) is 0 Å². The van der Waals surface area contributed by atoms with E-state index in [0.717, 1.165) is 24.0 Å². The molecule has 2 amide bonds. The third-order valence-corrected chi connectivity index (χ3v) is 4.63. The van der Waals surface area contributed by atoms with Crippen LogP contribution in [0, 0.1) is 12.7 Å². The lowest BCUT2D eigenvalue weighted by Crippen LogP contribution is -2.34. The fourth-order valence-corrected chi connectivity index (χ4v) is 3.29. The number of rotatable bonds is 3. The van der Waals surface area contributed by atoms with Crippen LogP contribution in [0.25, 0.3) is 11.4 Å². The van der Waals surface area contributed by atoms with Crippen molar-refractivity contribution in [2.45, 2.75) is 25.8 Å². The Morgan fingerprint density at radius 2 is 2.11 bits per heavy atom. The van der Waals surface area contributed by atoms with Crippen molar-refractivity contribution < 1.29 is 13.7 Å². The molecule has 27 heavy (non-hydrogen) atoms. The molecule has 7 heteroatoms. The predicted molar refractivity (Wildman–Crippen MR) is 98.6 cm³/mol. The topological polar surface area (TPSA) is 71.3 Å². The van der Waals surface area contributed by atoms with Crippen LogP contribution >= 0.6 is 0 Å². The van der Waals surface area contributed by atoms with Crippen LogP contribution in [0.4, 0.5) is 14.9 Å². The highest BCUT2D eigenvalue weighted by molar-refractivity contribution is 5.89. The van der Waals surface area contributed by atoms with Crippen LogP contribution in [0.15, 0.2) is 53.1 Å². The number of anilines is 1. The van der Waals surface area contributed by atoms with Crippen LogP contribution in [-0.4, -0.2) is 27.6 Å². The summed E-state index contributed by atoms with van der Waals surface area (Å²) in [6.45, 7) is 2.54. The number of carbonyl (C=O) groups excluding carboxylic acids is 1. The fraction of sp³-hybridized carbons (Fsp3) is 0.250. The number of benzene rings is 2. The van der Waals surface area contributed by atoms with E-state index in [0.29, 0.717) is 18.3 Å². The number of hydrogen-bond acceptors (Lipinski definition) is 4. The number of urea groups is 1. The van der Waals surface area contributed by atoms with Crippen molar-refractivity contribution >= 4 is 11.7 Å². The normalized spacial score (nSPS) is 16.5.